The zero-order valence-corrected chi connectivity index (χ0v) is 12.2. The minimum atomic E-state index is -0.297. The van der Waals surface area contributed by atoms with Crippen LogP contribution in [0.5, 0.6) is 0 Å². The predicted molar refractivity (Wildman–Crippen MR) is 84.1 cm³/mol. The second-order valence-corrected chi connectivity index (χ2v) is 5.51. The molecule has 0 spiro atoms. The van der Waals surface area contributed by atoms with Crippen LogP contribution in [0.15, 0.2) is 42.7 Å². The Kier molecular flexibility index (Phi) is 4.04. The highest BCUT2D eigenvalue weighted by molar-refractivity contribution is 5.70. The van der Waals surface area contributed by atoms with Crippen molar-refractivity contribution >= 4 is 11.4 Å². The second kappa shape index (κ2) is 6.12. The van der Waals surface area contributed by atoms with Crippen LogP contribution in [-0.2, 0) is 0 Å². The van der Waals surface area contributed by atoms with Crippen LogP contribution in [0, 0.1) is 5.82 Å². The molecule has 1 unspecified atom stereocenters. The number of anilines is 2. The Bertz CT molecular complexity index is 608. The number of rotatable bonds is 4. The van der Waals surface area contributed by atoms with Gasteiger partial charge in [-0.1, -0.05) is 12.1 Å². The molecule has 3 rings (SSSR count). The summed E-state index contributed by atoms with van der Waals surface area (Å²) < 4.78 is 13.3. The van der Waals surface area contributed by atoms with E-state index in [0.29, 0.717) is 0 Å². The van der Waals surface area contributed by atoms with Gasteiger partial charge in [-0.2, -0.15) is 0 Å². The zero-order valence-electron chi connectivity index (χ0n) is 12.2. The highest BCUT2D eigenvalue weighted by Crippen LogP contribution is 2.31. The monoisotopic (exact) mass is 285 g/mol. The fraction of sp³-hybridized carbons (Fsp3) is 0.353. The lowest BCUT2D eigenvalue weighted by Gasteiger charge is -2.24. The van der Waals surface area contributed by atoms with Crippen LogP contribution in [0.25, 0.3) is 0 Å². The highest BCUT2D eigenvalue weighted by Gasteiger charge is 2.16. The van der Waals surface area contributed by atoms with Crippen LogP contribution in [-0.4, -0.2) is 18.1 Å². The summed E-state index contributed by atoms with van der Waals surface area (Å²) >= 11 is 0. The van der Waals surface area contributed by atoms with Crippen molar-refractivity contribution in [2.45, 2.75) is 25.8 Å². The van der Waals surface area contributed by atoms with Gasteiger partial charge in [-0.15, -0.1) is 0 Å². The maximum atomic E-state index is 13.3. The number of hydrogen-bond donors (Lipinski definition) is 1. The van der Waals surface area contributed by atoms with E-state index < -0.39 is 0 Å². The summed E-state index contributed by atoms with van der Waals surface area (Å²) in [5, 5.41) is 3.48. The molecule has 1 N–H and O–H groups in total. The number of pyridine rings is 1. The van der Waals surface area contributed by atoms with Crippen molar-refractivity contribution in [1.29, 1.82) is 0 Å². The van der Waals surface area contributed by atoms with Gasteiger partial charge in [-0.3, -0.25) is 4.98 Å². The number of nitrogens with one attached hydrogen (secondary N) is 1. The Hall–Kier alpha value is -2.10. The molecule has 1 aromatic heterocycles. The van der Waals surface area contributed by atoms with Crippen molar-refractivity contribution in [3.63, 3.8) is 0 Å². The fourth-order valence-electron chi connectivity index (χ4n) is 2.81. The van der Waals surface area contributed by atoms with Crippen molar-refractivity contribution < 1.29 is 4.39 Å². The third-order valence-electron chi connectivity index (χ3n) is 3.95. The van der Waals surface area contributed by atoms with Gasteiger partial charge < -0.3 is 10.2 Å². The normalized spacial score (nSPS) is 16.0. The van der Waals surface area contributed by atoms with Crippen LogP contribution in [0.3, 0.4) is 0 Å². The topological polar surface area (TPSA) is 28.2 Å². The summed E-state index contributed by atoms with van der Waals surface area (Å²) in [6, 6.07) is 9.85. The molecule has 0 radical (unpaired) electrons. The van der Waals surface area contributed by atoms with Crippen molar-refractivity contribution in [3.8, 4) is 0 Å². The largest absolute Gasteiger partial charge is 0.377 e. The van der Waals surface area contributed by atoms with E-state index in [1.54, 1.807) is 6.20 Å². The smallest absolute Gasteiger partial charge is 0.141 e. The van der Waals surface area contributed by atoms with Crippen molar-refractivity contribution in [2.75, 3.05) is 23.3 Å². The van der Waals surface area contributed by atoms with Crippen LogP contribution in [0.1, 0.15) is 31.4 Å². The summed E-state index contributed by atoms with van der Waals surface area (Å²) in [6.07, 6.45) is 5.43. The first-order valence-corrected chi connectivity index (χ1v) is 7.45. The maximum Gasteiger partial charge on any atom is 0.141 e. The molecule has 0 amide bonds. The SMILES string of the molecule is CC(Nc1ccccc1N1CCCC1)c1cncc(F)c1. The number of benzene rings is 1. The van der Waals surface area contributed by atoms with Crippen LogP contribution in [0.4, 0.5) is 15.8 Å². The molecule has 1 aliphatic rings. The minimum Gasteiger partial charge on any atom is -0.377 e. The average Bonchev–Trinajstić information content (AvgIpc) is 3.02. The minimum absolute atomic E-state index is 0.0111. The predicted octanol–water partition coefficient (Wildman–Crippen LogP) is 3.99. The van der Waals surface area contributed by atoms with Crippen molar-refractivity contribution in [3.05, 3.63) is 54.1 Å². The summed E-state index contributed by atoms with van der Waals surface area (Å²) in [6.45, 7) is 4.24. The number of hydrogen-bond acceptors (Lipinski definition) is 3. The number of para-hydroxylation sites is 2. The number of aromatic nitrogens is 1. The molecule has 1 aliphatic heterocycles. The zero-order chi connectivity index (χ0) is 14.7. The first kappa shape index (κ1) is 13.9. The number of nitrogens with zero attached hydrogens (tertiary/aromatic N) is 2. The molecule has 0 aliphatic carbocycles. The Morgan fingerprint density at radius 2 is 1.95 bits per heavy atom. The molecule has 3 nitrogen and oxygen atoms in total. The van der Waals surface area contributed by atoms with Crippen LogP contribution in [0.2, 0.25) is 0 Å². The Morgan fingerprint density at radius 1 is 1.19 bits per heavy atom. The molecule has 1 fully saturated rings. The van der Waals surface area contributed by atoms with Crippen LogP contribution < -0.4 is 10.2 Å². The van der Waals surface area contributed by atoms with Crippen molar-refractivity contribution in [2.24, 2.45) is 0 Å². The number of halogens is 1. The highest BCUT2D eigenvalue weighted by atomic mass is 19.1. The summed E-state index contributed by atoms with van der Waals surface area (Å²) in [7, 11) is 0. The first-order valence-electron chi connectivity index (χ1n) is 7.45. The van der Waals surface area contributed by atoms with E-state index >= 15 is 0 Å². The maximum absolute atomic E-state index is 13.3. The molecule has 110 valence electrons. The summed E-state index contributed by atoms with van der Waals surface area (Å²) in [5.74, 6) is -0.297. The van der Waals surface area contributed by atoms with Crippen molar-refractivity contribution in [1.82, 2.24) is 4.98 Å². The van der Waals surface area contributed by atoms with E-state index in [1.165, 1.54) is 30.8 Å². The molecule has 1 aromatic carbocycles. The van der Waals surface area contributed by atoms with E-state index in [4.69, 9.17) is 0 Å². The standard InChI is InChI=1S/C17H20FN3/c1-13(14-10-15(18)12-19-11-14)20-16-6-2-3-7-17(16)21-8-4-5-9-21/h2-3,6-7,10-13,20H,4-5,8-9H2,1H3. The molecule has 4 heteroatoms. The fourth-order valence-corrected chi connectivity index (χ4v) is 2.81. The molecule has 0 saturated carbocycles. The van der Waals surface area contributed by atoms with Gasteiger partial charge >= 0.3 is 0 Å². The van der Waals surface area contributed by atoms with E-state index in [1.807, 2.05) is 13.0 Å². The van der Waals surface area contributed by atoms with Gasteiger partial charge in [-0.05, 0) is 43.5 Å². The second-order valence-electron chi connectivity index (χ2n) is 5.51. The van der Waals surface area contributed by atoms with Gasteiger partial charge in [-0.25, -0.2) is 4.39 Å². The summed E-state index contributed by atoms with van der Waals surface area (Å²) in [4.78, 5) is 6.32. The third-order valence-corrected chi connectivity index (χ3v) is 3.95. The molecule has 0 bridgehead atoms. The Labute approximate surface area is 124 Å². The van der Waals surface area contributed by atoms with Gasteiger partial charge in [0.15, 0.2) is 0 Å². The molecule has 21 heavy (non-hydrogen) atoms. The first-order chi connectivity index (χ1) is 10.2. The van der Waals surface area contributed by atoms with Gasteiger partial charge in [0.1, 0.15) is 5.82 Å². The molecule has 2 aromatic rings. The third kappa shape index (κ3) is 3.15. The lowest BCUT2D eigenvalue weighted by Crippen LogP contribution is -2.20. The molecule has 2 heterocycles. The van der Waals surface area contributed by atoms with Gasteiger partial charge in [0.05, 0.1) is 23.6 Å². The molecular weight excluding hydrogens is 265 g/mol. The lowest BCUT2D eigenvalue weighted by atomic mass is 10.1. The quantitative estimate of drug-likeness (QED) is 0.920. The Balaban J connectivity index is 1.81. The van der Waals surface area contributed by atoms with Crippen LogP contribution >= 0.6 is 0 Å². The van der Waals surface area contributed by atoms with E-state index in [9.17, 15) is 4.39 Å². The summed E-state index contributed by atoms with van der Waals surface area (Å²) in [5.41, 5.74) is 3.17. The van der Waals surface area contributed by atoms with E-state index in [2.05, 4.69) is 33.4 Å². The lowest BCUT2D eigenvalue weighted by molar-refractivity contribution is 0.616. The van der Waals surface area contributed by atoms with Gasteiger partial charge in [0.2, 0.25) is 0 Å². The Morgan fingerprint density at radius 3 is 2.71 bits per heavy atom. The van der Waals surface area contributed by atoms with Gasteiger partial charge in [0.25, 0.3) is 0 Å². The van der Waals surface area contributed by atoms with E-state index in [0.717, 1.165) is 24.3 Å². The van der Waals surface area contributed by atoms with E-state index in [-0.39, 0.29) is 11.9 Å². The molecule has 1 atom stereocenters. The molecule has 1 saturated heterocycles. The molecular formula is C17H20FN3. The average molecular weight is 285 g/mol. The van der Waals surface area contributed by atoms with Gasteiger partial charge in [0, 0.05) is 19.3 Å².